The standard InChI is InChI=1S/C60H44O2/c1-59(2)47-33-39(37-25-29-51-45(31-37)41-19-11-13-21-49(41)61-51)23-27-43(47)55-53(35-15-7-5-8-16-35)54(36-17-9-6-10-18-36)56-44-28-24-40(34-48(44)60(3,4)58(56)57(55)59)38-26-30-52-46(32-38)42-20-12-14-22-50(42)62-52/h5-34,41,49H,1-4H3. The Balaban J connectivity index is 1.05. The van der Waals surface area contributed by atoms with Gasteiger partial charge in [-0.1, -0.05) is 161 Å². The molecule has 62 heavy (non-hydrogen) atoms. The molecule has 0 spiro atoms. The Kier molecular flexibility index (Phi) is 7.28. The number of benzene rings is 8. The van der Waals surface area contributed by atoms with E-state index in [-0.39, 0.29) is 22.9 Å². The van der Waals surface area contributed by atoms with Gasteiger partial charge < -0.3 is 9.15 Å². The zero-order chi connectivity index (χ0) is 41.5. The number of allylic oxidation sites excluding steroid dienone is 2. The third kappa shape index (κ3) is 4.87. The van der Waals surface area contributed by atoms with Crippen LogP contribution in [0.4, 0.5) is 0 Å². The minimum absolute atomic E-state index is 0.0695. The van der Waals surface area contributed by atoms with Crippen molar-refractivity contribution in [3.8, 4) is 72.5 Å². The normalized spacial score (nSPS) is 17.9. The van der Waals surface area contributed by atoms with Gasteiger partial charge in [-0.25, -0.2) is 0 Å². The van der Waals surface area contributed by atoms with Crippen LogP contribution < -0.4 is 4.74 Å². The van der Waals surface area contributed by atoms with E-state index in [9.17, 15) is 0 Å². The predicted octanol–water partition coefficient (Wildman–Crippen LogP) is 15.8. The van der Waals surface area contributed by atoms with E-state index in [1.807, 2.05) is 6.07 Å². The average Bonchev–Trinajstić information content (AvgIpc) is 4.00. The fourth-order valence-corrected chi connectivity index (χ4v) is 11.6. The lowest BCUT2D eigenvalue weighted by molar-refractivity contribution is 0.269. The van der Waals surface area contributed by atoms with Crippen molar-refractivity contribution in [2.45, 2.75) is 50.5 Å². The predicted molar refractivity (Wildman–Crippen MR) is 256 cm³/mol. The van der Waals surface area contributed by atoms with Gasteiger partial charge in [0.05, 0.1) is 0 Å². The molecule has 0 fully saturated rings. The van der Waals surface area contributed by atoms with Gasteiger partial charge in [0.25, 0.3) is 0 Å². The number of rotatable bonds is 4. The van der Waals surface area contributed by atoms with E-state index in [0.29, 0.717) is 0 Å². The van der Waals surface area contributed by atoms with Gasteiger partial charge in [0, 0.05) is 33.1 Å². The van der Waals surface area contributed by atoms with Crippen LogP contribution in [0.5, 0.6) is 5.75 Å². The molecule has 0 amide bonds. The van der Waals surface area contributed by atoms with E-state index in [4.69, 9.17) is 9.15 Å². The lowest BCUT2D eigenvalue weighted by Gasteiger charge is -2.33. The van der Waals surface area contributed by atoms with Crippen molar-refractivity contribution in [1.29, 1.82) is 0 Å². The first-order chi connectivity index (χ1) is 30.3. The summed E-state index contributed by atoms with van der Waals surface area (Å²) in [6.45, 7) is 9.86. The molecular weight excluding hydrogens is 753 g/mol. The highest BCUT2D eigenvalue weighted by atomic mass is 16.5. The van der Waals surface area contributed by atoms with E-state index in [1.54, 1.807) is 0 Å². The highest BCUT2D eigenvalue weighted by molar-refractivity contribution is 6.10. The third-order valence-electron chi connectivity index (χ3n) is 14.6. The Morgan fingerprint density at radius 1 is 0.419 bits per heavy atom. The smallest absolute Gasteiger partial charge is 0.135 e. The van der Waals surface area contributed by atoms with E-state index < -0.39 is 0 Å². The molecule has 0 saturated carbocycles. The fourth-order valence-electron chi connectivity index (χ4n) is 11.6. The number of hydrogen-bond donors (Lipinski definition) is 0. The molecule has 13 rings (SSSR count). The summed E-state index contributed by atoms with van der Waals surface area (Å²) in [4.78, 5) is 0. The summed E-state index contributed by atoms with van der Waals surface area (Å²) >= 11 is 0. The summed E-state index contributed by atoms with van der Waals surface area (Å²) < 4.78 is 12.6. The van der Waals surface area contributed by atoms with Crippen molar-refractivity contribution in [1.82, 2.24) is 0 Å². The maximum atomic E-state index is 6.36. The summed E-state index contributed by atoms with van der Waals surface area (Å²) in [6.07, 6.45) is 8.77. The first-order valence-electron chi connectivity index (χ1n) is 22.0. The van der Waals surface area contributed by atoms with Crippen LogP contribution in [0.2, 0.25) is 0 Å². The van der Waals surface area contributed by atoms with Crippen LogP contribution in [0.25, 0.3) is 88.7 Å². The second-order valence-electron chi connectivity index (χ2n) is 18.7. The SMILES string of the molecule is CC1(C)c2cc(-c3ccc4c(c3)C3C=CC=CC3O4)ccc2-c2c(-c3ccccc3)c(-c3ccccc3)c3c(c21)C(C)(C)c1cc(-c2ccc4oc5ccccc5c4c2)ccc1-3. The Labute approximate surface area is 362 Å². The molecule has 2 heteroatoms. The number of para-hydroxylation sites is 1. The summed E-state index contributed by atoms with van der Waals surface area (Å²) in [6, 6.07) is 58.6. The molecule has 2 unspecified atom stereocenters. The zero-order valence-electron chi connectivity index (χ0n) is 35.3. The van der Waals surface area contributed by atoms with Crippen LogP contribution in [0.1, 0.15) is 61.4 Å². The van der Waals surface area contributed by atoms with Gasteiger partial charge in [-0.2, -0.15) is 0 Å². The minimum atomic E-state index is -0.295. The molecule has 2 atom stereocenters. The summed E-state index contributed by atoms with van der Waals surface area (Å²) in [5, 5.41) is 2.30. The minimum Gasteiger partial charge on any atom is -0.485 e. The van der Waals surface area contributed by atoms with Crippen molar-refractivity contribution < 1.29 is 9.15 Å². The monoisotopic (exact) mass is 796 g/mol. The number of ether oxygens (including phenoxy) is 1. The lowest BCUT2D eigenvalue weighted by Crippen LogP contribution is -2.24. The summed E-state index contributed by atoms with van der Waals surface area (Å²) in [5.74, 6) is 1.24. The van der Waals surface area contributed by atoms with Crippen molar-refractivity contribution in [3.05, 3.63) is 210 Å². The molecule has 8 aromatic carbocycles. The number of hydrogen-bond acceptors (Lipinski definition) is 2. The van der Waals surface area contributed by atoms with Crippen molar-refractivity contribution in [2.24, 2.45) is 0 Å². The molecule has 0 saturated heterocycles. The quantitative estimate of drug-likeness (QED) is 0.177. The van der Waals surface area contributed by atoms with E-state index in [0.717, 1.165) is 27.7 Å². The zero-order valence-corrected chi connectivity index (χ0v) is 35.3. The highest BCUT2D eigenvalue weighted by Crippen LogP contribution is 2.65. The molecule has 4 aliphatic rings. The molecule has 2 heterocycles. The molecule has 1 aromatic heterocycles. The van der Waals surface area contributed by atoms with E-state index in [2.05, 4.69) is 204 Å². The van der Waals surface area contributed by atoms with Crippen LogP contribution in [-0.2, 0) is 10.8 Å². The second-order valence-corrected chi connectivity index (χ2v) is 18.7. The van der Waals surface area contributed by atoms with E-state index in [1.165, 1.54) is 94.6 Å². The van der Waals surface area contributed by atoms with Gasteiger partial charge >= 0.3 is 0 Å². The van der Waals surface area contributed by atoms with E-state index >= 15 is 0 Å². The Morgan fingerprint density at radius 3 is 1.58 bits per heavy atom. The van der Waals surface area contributed by atoms with Crippen LogP contribution in [0, 0.1) is 0 Å². The van der Waals surface area contributed by atoms with Crippen molar-refractivity contribution >= 4 is 21.9 Å². The van der Waals surface area contributed by atoms with Crippen molar-refractivity contribution in [2.75, 3.05) is 0 Å². The molecular formula is C60H44O2. The van der Waals surface area contributed by atoms with Crippen LogP contribution >= 0.6 is 0 Å². The van der Waals surface area contributed by atoms with Crippen LogP contribution in [0.15, 0.2) is 186 Å². The molecule has 0 N–H and O–H groups in total. The summed E-state index contributed by atoms with van der Waals surface area (Å²) in [5.41, 5.74) is 23.5. The topological polar surface area (TPSA) is 22.4 Å². The molecule has 296 valence electrons. The van der Waals surface area contributed by atoms with Crippen LogP contribution in [-0.4, -0.2) is 6.10 Å². The van der Waals surface area contributed by atoms with Gasteiger partial charge in [0.2, 0.25) is 0 Å². The average molecular weight is 797 g/mol. The first kappa shape index (κ1) is 35.6. The molecule has 1 aliphatic heterocycles. The lowest BCUT2D eigenvalue weighted by atomic mass is 9.70. The van der Waals surface area contributed by atoms with Gasteiger partial charge in [-0.05, 0) is 138 Å². The Morgan fingerprint density at radius 2 is 0.935 bits per heavy atom. The van der Waals surface area contributed by atoms with Gasteiger partial charge in [0.1, 0.15) is 23.0 Å². The highest BCUT2D eigenvalue weighted by Gasteiger charge is 2.49. The second kappa shape index (κ2) is 12.7. The number of fused-ring (bicyclic) bond motifs is 13. The molecule has 3 aliphatic carbocycles. The molecule has 0 radical (unpaired) electrons. The van der Waals surface area contributed by atoms with Crippen LogP contribution in [0.3, 0.4) is 0 Å². The first-order valence-corrected chi connectivity index (χ1v) is 22.0. The van der Waals surface area contributed by atoms with Gasteiger partial charge in [0.15, 0.2) is 0 Å². The van der Waals surface area contributed by atoms with Gasteiger partial charge in [-0.15, -0.1) is 0 Å². The van der Waals surface area contributed by atoms with Crippen molar-refractivity contribution in [3.63, 3.8) is 0 Å². The fraction of sp³-hybridized carbons (Fsp3) is 0.133. The Hall–Kier alpha value is -7.16. The van der Waals surface area contributed by atoms with Gasteiger partial charge in [-0.3, -0.25) is 0 Å². The largest absolute Gasteiger partial charge is 0.485 e. The third-order valence-corrected chi connectivity index (χ3v) is 14.6. The number of furan rings is 1. The maximum absolute atomic E-state index is 6.36. The summed E-state index contributed by atoms with van der Waals surface area (Å²) in [7, 11) is 0. The Bertz CT molecular complexity index is 3430. The molecule has 0 bridgehead atoms. The molecule has 2 nitrogen and oxygen atoms in total. The maximum Gasteiger partial charge on any atom is 0.135 e. The molecule has 9 aromatic rings.